The first-order valence-electron chi connectivity index (χ1n) is 5.92. The molecule has 3 nitrogen and oxygen atoms in total. The molecule has 3 N–H and O–H groups in total. The first-order chi connectivity index (χ1) is 8.16. The summed E-state index contributed by atoms with van der Waals surface area (Å²) in [6.45, 7) is 2.81. The summed E-state index contributed by atoms with van der Waals surface area (Å²) in [6.07, 6.45) is 4.60. The average molecular weight is 255 g/mol. The van der Waals surface area contributed by atoms with Crippen molar-refractivity contribution in [2.24, 2.45) is 5.73 Å². The number of halogens is 1. The van der Waals surface area contributed by atoms with Gasteiger partial charge in [-0.1, -0.05) is 43.9 Å². The summed E-state index contributed by atoms with van der Waals surface area (Å²) in [6, 6.07) is 5.31. The molecule has 0 aliphatic carbocycles. The number of amidine groups is 1. The molecule has 0 unspecified atom stereocenters. The molecule has 1 aromatic rings. The van der Waals surface area contributed by atoms with Crippen LogP contribution in [0.15, 0.2) is 18.2 Å². The maximum atomic E-state index is 7.48. The van der Waals surface area contributed by atoms with E-state index in [9.17, 15) is 0 Å². The maximum Gasteiger partial charge on any atom is 0.131 e. The topological polar surface area (TPSA) is 59.1 Å². The molecule has 1 rings (SSSR count). The van der Waals surface area contributed by atoms with Crippen molar-refractivity contribution < 1.29 is 4.74 Å². The number of nitrogens with one attached hydrogen (secondary N) is 1. The zero-order chi connectivity index (χ0) is 12.7. The van der Waals surface area contributed by atoms with Gasteiger partial charge in [-0.3, -0.25) is 5.41 Å². The Labute approximate surface area is 107 Å². The zero-order valence-electron chi connectivity index (χ0n) is 10.1. The van der Waals surface area contributed by atoms with Crippen LogP contribution in [0.3, 0.4) is 0 Å². The second-order valence-corrected chi connectivity index (χ2v) is 4.34. The van der Waals surface area contributed by atoms with Gasteiger partial charge >= 0.3 is 0 Å². The smallest absolute Gasteiger partial charge is 0.131 e. The van der Waals surface area contributed by atoms with Gasteiger partial charge in [0.1, 0.15) is 11.6 Å². The van der Waals surface area contributed by atoms with Gasteiger partial charge in [-0.2, -0.15) is 0 Å². The van der Waals surface area contributed by atoms with Crippen molar-refractivity contribution in [3.63, 3.8) is 0 Å². The Morgan fingerprint density at radius 3 is 2.76 bits per heavy atom. The van der Waals surface area contributed by atoms with E-state index < -0.39 is 0 Å². The van der Waals surface area contributed by atoms with Crippen LogP contribution < -0.4 is 10.5 Å². The summed E-state index contributed by atoms with van der Waals surface area (Å²) in [4.78, 5) is 0. The third-order valence-corrected chi connectivity index (χ3v) is 2.82. The van der Waals surface area contributed by atoms with E-state index in [0.29, 0.717) is 22.9 Å². The molecule has 0 aliphatic heterocycles. The van der Waals surface area contributed by atoms with E-state index in [2.05, 4.69) is 6.92 Å². The van der Waals surface area contributed by atoms with E-state index in [1.165, 1.54) is 12.8 Å². The fourth-order valence-corrected chi connectivity index (χ4v) is 1.86. The van der Waals surface area contributed by atoms with Gasteiger partial charge in [-0.15, -0.1) is 0 Å². The second-order valence-electron chi connectivity index (χ2n) is 3.94. The minimum atomic E-state index is -0.0563. The zero-order valence-corrected chi connectivity index (χ0v) is 10.9. The van der Waals surface area contributed by atoms with Gasteiger partial charge in [0, 0.05) is 0 Å². The van der Waals surface area contributed by atoms with Crippen molar-refractivity contribution in [3.05, 3.63) is 28.8 Å². The Balaban J connectivity index is 2.58. The van der Waals surface area contributed by atoms with Gasteiger partial charge in [0.25, 0.3) is 0 Å². The lowest BCUT2D eigenvalue weighted by molar-refractivity contribution is 0.304. The van der Waals surface area contributed by atoms with Gasteiger partial charge < -0.3 is 10.5 Å². The summed E-state index contributed by atoms with van der Waals surface area (Å²) >= 11 is 5.99. The van der Waals surface area contributed by atoms with Crippen LogP contribution in [0.25, 0.3) is 0 Å². The van der Waals surface area contributed by atoms with E-state index in [0.717, 1.165) is 12.8 Å². The fraction of sp³-hybridized carbons (Fsp3) is 0.462. The minimum Gasteiger partial charge on any atom is -0.493 e. The molecule has 0 bridgehead atoms. The van der Waals surface area contributed by atoms with Crippen LogP contribution in [0.4, 0.5) is 0 Å². The molecule has 1 aromatic carbocycles. The Morgan fingerprint density at radius 2 is 2.12 bits per heavy atom. The van der Waals surface area contributed by atoms with Crippen molar-refractivity contribution in [2.45, 2.75) is 32.6 Å². The number of hydrogen-bond donors (Lipinski definition) is 2. The minimum absolute atomic E-state index is 0.0563. The third-order valence-electron chi connectivity index (χ3n) is 2.50. The fourth-order valence-electron chi connectivity index (χ4n) is 1.60. The normalized spacial score (nSPS) is 10.2. The number of unbranched alkanes of at least 4 members (excludes halogenated alkanes) is 3. The number of nitrogens with two attached hydrogens (primary N) is 1. The molecule has 4 heteroatoms. The quantitative estimate of drug-likeness (QED) is 0.444. The van der Waals surface area contributed by atoms with Gasteiger partial charge in [-0.05, 0) is 18.6 Å². The molecule has 0 aliphatic rings. The van der Waals surface area contributed by atoms with Crippen molar-refractivity contribution >= 4 is 17.4 Å². The van der Waals surface area contributed by atoms with Crippen LogP contribution in [0, 0.1) is 5.41 Å². The Hall–Kier alpha value is -1.22. The third kappa shape index (κ3) is 4.27. The summed E-state index contributed by atoms with van der Waals surface area (Å²) in [5.41, 5.74) is 5.98. The van der Waals surface area contributed by atoms with Crippen LogP contribution in [-0.2, 0) is 0 Å². The lowest BCUT2D eigenvalue weighted by atomic mass is 10.2. The molecule has 0 atom stereocenters. The predicted octanol–water partition coefficient (Wildman–Crippen LogP) is 3.58. The lowest BCUT2D eigenvalue weighted by Crippen LogP contribution is -2.14. The molecule has 0 saturated carbocycles. The maximum absolute atomic E-state index is 7.48. The average Bonchev–Trinajstić information content (AvgIpc) is 2.28. The van der Waals surface area contributed by atoms with Gasteiger partial charge in [0.15, 0.2) is 0 Å². The Morgan fingerprint density at radius 1 is 1.35 bits per heavy atom. The second kappa shape index (κ2) is 7.17. The first-order valence-corrected chi connectivity index (χ1v) is 6.30. The SMILES string of the molecule is CCCCCCOc1cccc(Cl)c1C(=N)N. The number of hydrogen-bond acceptors (Lipinski definition) is 2. The molecule has 0 amide bonds. The Bertz CT molecular complexity index is 380. The van der Waals surface area contributed by atoms with Crippen molar-refractivity contribution in [3.8, 4) is 5.75 Å². The monoisotopic (exact) mass is 254 g/mol. The van der Waals surface area contributed by atoms with E-state index in [1.807, 2.05) is 0 Å². The van der Waals surface area contributed by atoms with E-state index in [-0.39, 0.29) is 5.84 Å². The summed E-state index contributed by atoms with van der Waals surface area (Å²) in [7, 11) is 0. The van der Waals surface area contributed by atoms with Crippen LogP contribution in [0.2, 0.25) is 5.02 Å². The highest BCUT2D eigenvalue weighted by Crippen LogP contribution is 2.26. The molecule has 94 valence electrons. The van der Waals surface area contributed by atoms with Gasteiger partial charge in [0.2, 0.25) is 0 Å². The summed E-state index contributed by atoms with van der Waals surface area (Å²) in [5.74, 6) is 0.542. The van der Waals surface area contributed by atoms with Crippen molar-refractivity contribution in [1.29, 1.82) is 5.41 Å². The molecule has 17 heavy (non-hydrogen) atoms. The molecule has 0 spiro atoms. The van der Waals surface area contributed by atoms with Crippen LogP contribution in [0.1, 0.15) is 38.2 Å². The molecule has 0 heterocycles. The van der Waals surface area contributed by atoms with Crippen molar-refractivity contribution in [2.75, 3.05) is 6.61 Å². The van der Waals surface area contributed by atoms with Crippen LogP contribution in [-0.4, -0.2) is 12.4 Å². The first kappa shape index (κ1) is 13.8. The molecular formula is C13H19ClN2O. The van der Waals surface area contributed by atoms with E-state index >= 15 is 0 Å². The number of rotatable bonds is 7. The molecule has 0 saturated heterocycles. The number of benzene rings is 1. The highest BCUT2D eigenvalue weighted by atomic mass is 35.5. The van der Waals surface area contributed by atoms with E-state index in [4.69, 9.17) is 27.5 Å². The lowest BCUT2D eigenvalue weighted by Gasteiger charge is -2.11. The number of nitrogen functional groups attached to an aromatic ring is 1. The largest absolute Gasteiger partial charge is 0.493 e. The van der Waals surface area contributed by atoms with Crippen LogP contribution >= 0.6 is 11.6 Å². The van der Waals surface area contributed by atoms with Crippen molar-refractivity contribution in [1.82, 2.24) is 0 Å². The van der Waals surface area contributed by atoms with Gasteiger partial charge in [0.05, 0.1) is 17.2 Å². The predicted molar refractivity (Wildman–Crippen MR) is 72.1 cm³/mol. The molecule has 0 radical (unpaired) electrons. The van der Waals surface area contributed by atoms with Gasteiger partial charge in [-0.25, -0.2) is 0 Å². The standard InChI is InChI=1S/C13H19ClN2O/c1-2-3-4-5-9-17-11-8-6-7-10(14)12(11)13(15)16/h6-8H,2-5,9H2,1H3,(H3,15,16). The highest BCUT2D eigenvalue weighted by molar-refractivity contribution is 6.34. The molecule has 0 fully saturated rings. The van der Waals surface area contributed by atoms with Crippen LogP contribution in [0.5, 0.6) is 5.75 Å². The highest BCUT2D eigenvalue weighted by Gasteiger charge is 2.10. The van der Waals surface area contributed by atoms with E-state index in [1.54, 1.807) is 18.2 Å². The number of ether oxygens (including phenoxy) is 1. The Kier molecular flexibility index (Phi) is 5.84. The molecule has 0 aromatic heterocycles. The summed E-state index contributed by atoms with van der Waals surface area (Å²) < 4.78 is 5.62. The summed E-state index contributed by atoms with van der Waals surface area (Å²) in [5, 5.41) is 7.94. The molecular weight excluding hydrogens is 236 g/mol.